The van der Waals surface area contributed by atoms with Crippen molar-refractivity contribution < 1.29 is 23.0 Å². The Kier molecular flexibility index (Phi) is 4.52. The van der Waals surface area contributed by atoms with E-state index in [0.29, 0.717) is 6.61 Å². The second kappa shape index (κ2) is 6.02. The summed E-state index contributed by atoms with van der Waals surface area (Å²) in [5.74, 6) is -0.939. The van der Waals surface area contributed by atoms with E-state index in [-0.39, 0.29) is 30.8 Å². The number of anilines is 2. The van der Waals surface area contributed by atoms with Crippen LogP contribution in [0, 0.1) is 0 Å². The van der Waals surface area contributed by atoms with Gasteiger partial charge in [-0.1, -0.05) is 0 Å². The van der Waals surface area contributed by atoms with Crippen LogP contribution < -0.4 is 10.2 Å². The zero-order valence-corrected chi connectivity index (χ0v) is 11.7. The number of aliphatic hydroxyl groups is 1. The Balaban J connectivity index is 2.37. The molecule has 0 aliphatic carbocycles. The molecule has 1 fully saturated rings. The average molecular weight is 306 g/mol. The van der Waals surface area contributed by atoms with Crippen LogP contribution in [0.5, 0.6) is 0 Å². The zero-order chi connectivity index (χ0) is 15.6. The Morgan fingerprint density at radius 3 is 2.76 bits per heavy atom. The van der Waals surface area contributed by atoms with Crippen LogP contribution in [0.15, 0.2) is 6.07 Å². The monoisotopic (exact) mass is 306 g/mol. The predicted octanol–water partition coefficient (Wildman–Crippen LogP) is 1.12. The molecule has 1 aromatic rings. The summed E-state index contributed by atoms with van der Waals surface area (Å²) in [5.41, 5.74) is 0. The molecule has 0 radical (unpaired) electrons. The molecule has 2 rings (SSSR count). The minimum atomic E-state index is -4.62. The summed E-state index contributed by atoms with van der Waals surface area (Å²) < 4.78 is 43.9. The number of aliphatic hydroxyl groups excluding tert-OH is 1. The molecule has 2 N–H and O–H groups in total. The van der Waals surface area contributed by atoms with E-state index in [0.717, 1.165) is 0 Å². The number of rotatable bonds is 3. The van der Waals surface area contributed by atoms with Gasteiger partial charge in [0.25, 0.3) is 0 Å². The van der Waals surface area contributed by atoms with Crippen molar-refractivity contribution in [1.82, 2.24) is 9.97 Å². The Labute approximate surface area is 119 Å². The summed E-state index contributed by atoms with van der Waals surface area (Å²) in [6.07, 6.45) is -5.06. The van der Waals surface area contributed by atoms with Crippen molar-refractivity contribution in [3.05, 3.63) is 11.9 Å². The normalized spacial score (nSPS) is 23.2. The molecule has 9 heteroatoms. The lowest BCUT2D eigenvalue weighted by atomic mass is 10.2. The average Bonchev–Trinajstić information content (AvgIpc) is 2.46. The molecule has 1 aliphatic heterocycles. The first-order valence-corrected chi connectivity index (χ1v) is 6.48. The molecule has 21 heavy (non-hydrogen) atoms. The summed E-state index contributed by atoms with van der Waals surface area (Å²) in [6.45, 7) is 2.21. The molecule has 0 saturated carbocycles. The van der Waals surface area contributed by atoms with Gasteiger partial charge in [-0.25, -0.2) is 9.97 Å². The van der Waals surface area contributed by atoms with E-state index in [1.54, 1.807) is 4.90 Å². The van der Waals surface area contributed by atoms with E-state index >= 15 is 0 Å². The number of aromatic nitrogens is 2. The fourth-order valence-corrected chi connectivity index (χ4v) is 2.08. The third-order valence-electron chi connectivity index (χ3n) is 3.23. The first-order valence-electron chi connectivity index (χ1n) is 6.48. The molecule has 0 bridgehead atoms. The van der Waals surface area contributed by atoms with Crippen LogP contribution >= 0.6 is 0 Å². The number of morpholine rings is 1. The highest BCUT2D eigenvalue weighted by Crippen LogP contribution is 2.30. The predicted molar refractivity (Wildman–Crippen MR) is 70.2 cm³/mol. The molecule has 0 spiro atoms. The van der Waals surface area contributed by atoms with Crippen LogP contribution in [0.25, 0.3) is 0 Å². The van der Waals surface area contributed by atoms with Gasteiger partial charge in [-0.2, -0.15) is 13.2 Å². The molecule has 1 aromatic heterocycles. The number of halogens is 3. The number of hydrogen-bond acceptors (Lipinski definition) is 6. The highest BCUT2D eigenvalue weighted by molar-refractivity contribution is 5.50. The first kappa shape index (κ1) is 15.8. The van der Waals surface area contributed by atoms with E-state index in [4.69, 9.17) is 9.84 Å². The van der Waals surface area contributed by atoms with Gasteiger partial charge in [-0.15, -0.1) is 0 Å². The lowest BCUT2D eigenvalue weighted by molar-refractivity contribution is -0.144. The molecule has 2 atom stereocenters. The molecule has 6 nitrogen and oxygen atoms in total. The van der Waals surface area contributed by atoms with Crippen molar-refractivity contribution in [1.29, 1.82) is 0 Å². The SMILES string of the molecule is CNc1cc(N2CC(CO)OCC2C)nc(C(F)(F)F)n1. The molecule has 118 valence electrons. The second-order valence-corrected chi connectivity index (χ2v) is 4.82. The van der Waals surface area contributed by atoms with Crippen LogP contribution in [-0.2, 0) is 10.9 Å². The van der Waals surface area contributed by atoms with Crippen LogP contribution in [0.2, 0.25) is 0 Å². The van der Waals surface area contributed by atoms with Crippen LogP contribution in [-0.4, -0.2) is 54.0 Å². The van der Waals surface area contributed by atoms with Gasteiger partial charge in [0, 0.05) is 19.7 Å². The van der Waals surface area contributed by atoms with Crippen LogP contribution in [0.4, 0.5) is 24.8 Å². The largest absolute Gasteiger partial charge is 0.451 e. The van der Waals surface area contributed by atoms with Gasteiger partial charge in [0.2, 0.25) is 5.82 Å². The van der Waals surface area contributed by atoms with Gasteiger partial charge >= 0.3 is 6.18 Å². The third-order valence-corrected chi connectivity index (χ3v) is 3.23. The fourth-order valence-electron chi connectivity index (χ4n) is 2.08. The van der Waals surface area contributed by atoms with Crippen molar-refractivity contribution >= 4 is 11.6 Å². The minimum absolute atomic E-state index is 0.0894. The Bertz CT molecular complexity index is 498. The number of ether oxygens (including phenoxy) is 1. The first-order chi connectivity index (χ1) is 9.85. The number of nitrogens with one attached hydrogen (secondary N) is 1. The Morgan fingerprint density at radius 2 is 2.19 bits per heavy atom. The van der Waals surface area contributed by atoms with E-state index < -0.39 is 18.1 Å². The Hall–Kier alpha value is -1.61. The Morgan fingerprint density at radius 1 is 1.48 bits per heavy atom. The summed E-state index contributed by atoms with van der Waals surface area (Å²) >= 11 is 0. The second-order valence-electron chi connectivity index (χ2n) is 4.82. The molecular weight excluding hydrogens is 289 g/mol. The molecule has 2 heterocycles. The molecule has 0 amide bonds. The lowest BCUT2D eigenvalue weighted by Crippen LogP contribution is -2.50. The standard InChI is InChI=1S/C12H17F3N4O2/c1-7-6-21-8(5-20)4-19(7)10-3-9(16-2)17-11(18-10)12(13,14)15/h3,7-8,20H,4-6H2,1-2H3,(H,16,17,18). The zero-order valence-electron chi connectivity index (χ0n) is 11.7. The van der Waals surface area contributed by atoms with Crippen molar-refractivity contribution in [3.8, 4) is 0 Å². The minimum Gasteiger partial charge on any atom is -0.394 e. The van der Waals surface area contributed by atoms with E-state index in [2.05, 4.69) is 15.3 Å². The number of hydrogen-bond donors (Lipinski definition) is 2. The fraction of sp³-hybridized carbons (Fsp3) is 0.667. The smallest absolute Gasteiger partial charge is 0.394 e. The van der Waals surface area contributed by atoms with Crippen LogP contribution in [0.1, 0.15) is 12.7 Å². The van der Waals surface area contributed by atoms with E-state index in [1.807, 2.05) is 6.92 Å². The maximum Gasteiger partial charge on any atom is 0.451 e. The quantitative estimate of drug-likeness (QED) is 0.872. The molecule has 1 aliphatic rings. The molecular formula is C12H17F3N4O2. The topological polar surface area (TPSA) is 70.5 Å². The van der Waals surface area contributed by atoms with Gasteiger partial charge in [-0.3, -0.25) is 0 Å². The van der Waals surface area contributed by atoms with Gasteiger partial charge in [-0.05, 0) is 6.92 Å². The highest BCUT2D eigenvalue weighted by atomic mass is 19.4. The lowest BCUT2D eigenvalue weighted by Gasteiger charge is -2.38. The molecule has 1 saturated heterocycles. The van der Waals surface area contributed by atoms with E-state index in [9.17, 15) is 13.2 Å². The van der Waals surface area contributed by atoms with Crippen molar-refractivity contribution in [3.63, 3.8) is 0 Å². The van der Waals surface area contributed by atoms with Crippen molar-refractivity contribution in [2.45, 2.75) is 25.2 Å². The number of alkyl halides is 3. The third kappa shape index (κ3) is 3.53. The molecule has 0 aromatic carbocycles. The van der Waals surface area contributed by atoms with Crippen molar-refractivity contribution in [2.75, 3.05) is 37.0 Å². The van der Waals surface area contributed by atoms with Crippen molar-refractivity contribution in [2.24, 2.45) is 0 Å². The van der Waals surface area contributed by atoms with Gasteiger partial charge < -0.3 is 20.1 Å². The number of nitrogens with zero attached hydrogens (tertiary/aromatic N) is 3. The maximum absolute atomic E-state index is 12.9. The molecule has 2 unspecified atom stereocenters. The van der Waals surface area contributed by atoms with Gasteiger partial charge in [0.1, 0.15) is 11.6 Å². The van der Waals surface area contributed by atoms with Gasteiger partial charge in [0.05, 0.1) is 25.4 Å². The van der Waals surface area contributed by atoms with Crippen LogP contribution in [0.3, 0.4) is 0 Å². The summed E-state index contributed by atoms with van der Waals surface area (Å²) in [5, 5.41) is 11.8. The summed E-state index contributed by atoms with van der Waals surface area (Å²) in [6, 6.07) is 1.30. The maximum atomic E-state index is 12.9. The summed E-state index contributed by atoms with van der Waals surface area (Å²) in [7, 11) is 1.49. The summed E-state index contributed by atoms with van der Waals surface area (Å²) in [4.78, 5) is 8.72. The highest BCUT2D eigenvalue weighted by Gasteiger charge is 2.36. The van der Waals surface area contributed by atoms with E-state index in [1.165, 1.54) is 13.1 Å². The van der Waals surface area contributed by atoms with Gasteiger partial charge in [0.15, 0.2) is 0 Å².